The maximum Gasteiger partial charge on any atom is 0.429 e. The molecule has 2 aromatic heterocycles. The number of rotatable bonds is 5. The van der Waals surface area contributed by atoms with Crippen molar-refractivity contribution in [2.75, 3.05) is 38.3 Å². The van der Waals surface area contributed by atoms with Gasteiger partial charge in [-0.15, -0.1) is 6.42 Å². The SMILES string of the molecule is C#Cc1c(F)ccc2cc(O)cc(-c3ncc4c(N5CCCCCN5C(=O)OC(C)(C)C)nc(OC[C@@H]5CCCN5C)nc4c3F)c12. The molecule has 4 heterocycles. The minimum Gasteiger partial charge on any atom is -0.508 e. The summed E-state index contributed by atoms with van der Waals surface area (Å²) in [5, 5.41) is 14.6. The van der Waals surface area contributed by atoms with Crippen LogP contribution in [0.3, 0.4) is 0 Å². The molecule has 10 nitrogen and oxygen atoms in total. The minimum atomic E-state index is -0.841. The van der Waals surface area contributed by atoms with Crippen molar-refractivity contribution in [3.05, 3.63) is 47.7 Å². The monoisotopic (exact) mass is 644 g/mol. The Bertz CT molecular complexity index is 1890. The van der Waals surface area contributed by atoms with Crippen molar-refractivity contribution < 1.29 is 28.2 Å². The van der Waals surface area contributed by atoms with E-state index in [0.29, 0.717) is 25.1 Å². The summed E-state index contributed by atoms with van der Waals surface area (Å²) in [6.45, 7) is 7.39. The molecule has 0 saturated carbocycles. The van der Waals surface area contributed by atoms with Crippen molar-refractivity contribution in [3.8, 4) is 35.4 Å². The number of terminal acetylenes is 1. The largest absolute Gasteiger partial charge is 0.508 e. The van der Waals surface area contributed by atoms with E-state index in [-0.39, 0.29) is 56.7 Å². The van der Waals surface area contributed by atoms with Crippen molar-refractivity contribution in [2.24, 2.45) is 0 Å². The van der Waals surface area contributed by atoms with Gasteiger partial charge in [-0.3, -0.25) is 9.99 Å². The van der Waals surface area contributed by atoms with Gasteiger partial charge in [-0.1, -0.05) is 12.0 Å². The number of benzene rings is 2. The Hall–Kier alpha value is -4.76. The van der Waals surface area contributed by atoms with Gasteiger partial charge < -0.3 is 19.5 Å². The van der Waals surface area contributed by atoms with Gasteiger partial charge in [0.15, 0.2) is 11.6 Å². The van der Waals surface area contributed by atoms with Crippen LogP contribution in [0.25, 0.3) is 32.9 Å². The predicted octanol–water partition coefficient (Wildman–Crippen LogP) is 6.43. The molecule has 47 heavy (non-hydrogen) atoms. The standard InChI is InChI=1S/C35H38F2N6O4/c1-6-24-27(36)13-12-21-17-23(44)18-25(28(21)24)30-29(37)31-26(19-38-30)32(40-33(39-31)46-20-22-11-10-14-41(22)5)42-15-8-7-9-16-43(42)34(45)47-35(2,3)4/h1,12-13,17-19,22,44H,7-11,14-16,20H2,2-5H3/t22-/m0/s1. The fourth-order valence-electron chi connectivity index (χ4n) is 6.25. The number of aromatic hydroxyl groups is 1. The molecule has 2 aliphatic heterocycles. The van der Waals surface area contributed by atoms with Crippen LogP contribution >= 0.6 is 0 Å². The number of carbonyl (C=O) groups is 1. The Morgan fingerprint density at radius 3 is 2.62 bits per heavy atom. The molecule has 4 aromatic rings. The quantitative estimate of drug-likeness (QED) is 0.246. The van der Waals surface area contributed by atoms with Crippen LogP contribution in [0.5, 0.6) is 11.8 Å². The number of hydrogen-bond acceptors (Lipinski definition) is 9. The van der Waals surface area contributed by atoms with Crippen molar-refractivity contribution in [1.29, 1.82) is 0 Å². The summed E-state index contributed by atoms with van der Waals surface area (Å²) in [6, 6.07) is 5.47. The molecule has 2 saturated heterocycles. The van der Waals surface area contributed by atoms with E-state index < -0.39 is 23.3 Å². The van der Waals surface area contributed by atoms with Gasteiger partial charge in [0, 0.05) is 36.3 Å². The molecular weight excluding hydrogens is 606 g/mol. The van der Waals surface area contributed by atoms with Gasteiger partial charge in [-0.2, -0.15) is 9.97 Å². The smallest absolute Gasteiger partial charge is 0.429 e. The molecule has 0 radical (unpaired) electrons. The zero-order chi connectivity index (χ0) is 33.5. The highest BCUT2D eigenvalue weighted by Crippen LogP contribution is 2.39. The van der Waals surface area contributed by atoms with Crippen LogP contribution in [0.4, 0.5) is 19.4 Å². The summed E-state index contributed by atoms with van der Waals surface area (Å²) < 4.78 is 43.6. The van der Waals surface area contributed by atoms with E-state index in [1.807, 2.05) is 7.05 Å². The number of pyridine rings is 1. The number of halogens is 2. The van der Waals surface area contributed by atoms with Crippen LogP contribution in [0, 0.1) is 24.0 Å². The first-order valence-electron chi connectivity index (χ1n) is 15.8. The molecular formula is C35H38F2N6O4. The summed E-state index contributed by atoms with van der Waals surface area (Å²) in [5.41, 5.74) is -1.02. The molecule has 0 unspecified atom stereocenters. The van der Waals surface area contributed by atoms with Crippen LogP contribution < -0.4 is 9.75 Å². The van der Waals surface area contributed by atoms with Crippen molar-refractivity contribution in [1.82, 2.24) is 24.9 Å². The van der Waals surface area contributed by atoms with Crippen LogP contribution in [0.2, 0.25) is 0 Å². The lowest BCUT2D eigenvalue weighted by Crippen LogP contribution is -2.49. The summed E-state index contributed by atoms with van der Waals surface area (Å²) in [7, 11) is 2.02. The number of phenols is 1. The molecule has 2 aliphatic rings. The summed E-state index contributed by atoms with van der Waals surface area (Å²) in [6.07, 6.45) is 10.9. The summed E-state index contributed by atoms with van der Waals surface area (Å²) in [5.74, 6) is 0.928. The Morgan fingerprint density at radius 1 is 1.11 bits per heavy atom. The van der Waals surface area contributed by atoms with Crippen LogP contribution in [-0.2, 0) is 4.74 Å². The van der Waals surface area contributed by atoms with Gasteiger partial charge in [-0.25, -0.2) is 18.6 Å². The van der Waals surface area contributed by atoms with E-state index in [0.717, 1.165) is 38.6 Å². The lowest BCUT2D eigenvalue weighted by atomic mass is 9.96. The number of hydrazine groups is 1. The number of hydrogen-bond donors (Lipinski definition) is 1. The van der Waals surface area contributed by atoms with Crippen molar-refractivity contribution >= 4 is 33.6 Å². The number of fused-ring (bicyclic) bond motifs is 2. The molecule has 2 aromatic carbocycles. The number of likely N-dealkylation sites (tertiary alicyclic amines) is 1. The number of likely N-dealkylation sites (N-methyl/N-ethyl adjacent to an activating group) is 1. The zero-order valence-electron chi connectivity index (χ0n) is 27.0. The molecule has 1 atom stereocenters. The lowest BCUT2D eigenvalue weighted by Gasteiger charge is -2.35. The first-order valence-corrected chi connectivity index (χ1v) is 15.8. The molecule has 0 bridgehead atoms. The number of nitrogens with zero attached hydrogens (tertiary/aromatic N) is 6. The second-order valence-corrected chi connectivity index (χ2v) is 13.0. The van der Waals surface area contributed by atoms with Gasteiger partial charge in [0.05, 0.1) is 10.9 Å². The number of ether oxygens (including phenoxy) is 2. The van der Waals surface area contributed by atoms with E-state index in [1.54, 1.807) is 25.8 Å². The molecule has 6 rings (SSSR count). The van der Waals surface area contributed by atoms with Gasteiger partial charge in [0.1, 0.15) is 35.0 Å². The first-order chi connectivity index (χ1) is 22.4. The number of anilines is 1. The second-order valence-electron chi connectivity index (χ2n) is 13.0. The Labute approximate surface area is 272 Å². The number of phenolic OH excluding ortho intramolecular Hbond substituents is 1. The Kier molecular flexibility index (Phi) is 8.76. The normalized spacial score (nSPS) is 17.6. The highest BCUT2D eigenvalue weighted by atomic mass is 19.1. The third kappa shape index (κ3) is 6.45. The number of amides is 1. The third-order valence-electron chi connectivity index (χ3n) is 8.55. The van der Waals surface area contributed by atoms with Crippen LogP contribution in [-0.4, -0.2) is 81.0 Å². The maximum absolute atomic E-state index is 16.9. The molecule has 2 fully saturated rings. The average Bonchev–Trinajstić information content (AvgIpc) is 3.27. The average molecular weight is 645 g/mol. The number of aromatic nitrogens is 3. The van der Waals surface area contributed by atoms with E-state index >= 15 is 4.39 Å². The van der Waals surface area contributed by atoms with Crippen molar-refractivity contribution in [3.63, 3.8) is 0 Å². The van der Waals surface area contributed by atoms with Gasteiger partial charge in [-0.05, 0) is 90.1 Å². The molecule has 246 valence electrons. The predicted molar refractivity (Wildman–Crippen MR) is 175 cm³/mol. The van der Waals surface area contributed by atoms with Crippen LogP contribution in [0.15, 0.2) is 30.5 Å². The number of carbonyl (C=O) groups excluding carboxylic acids is 1. The summed E-state index contributed by atoms with van der Waals surface area (Å²) >= 11 is 0. The lowest BCUT2D eigenvalue weighted by molar-refractivity contribution is 0.0232. The van der Waals surface area contributed by atoms with Crippen molar-refractivity contribution in [2.45, 2.75) is 64.5 Å². The Morgan fingerprint density at radius 2 is 1.89 bits per heavy atom. The van der Waals surface area contributed by atoms with E-state index in [4.69, 9.17) is 20.9 Å². The molecule has 0 spiro atoms. The van der Waals surface area contributed by atoms with E-state index in [2.05, 4.69) is 20.8 Å². The van der Waals surface area contributed by atoms with Crippen LogP contribution in [0.1, 0.15) is 58.4 Å². The first kappa shape index (κ1) is 32.2. The minimum absolute atomic E-state index is 0.0617. The topological polar surface area (TPSA) is 104 Å². The van der Waals surface area contributed by atoms with Gasteiger partial charge in [0.25, 0.3) is 0 Å². The van der Waals surface area contributed by atoms with Gasteiger partial charge in [0.2, 0.25) is 0 Å². The highest BCUT2D eigenvalue weighted by molar-refractivity contribution is 6.03. The summed E-state index contributed by atoms with van der Waals surface area (Å²) in [4.78, 5) is 29.4. The second kappa shape index (κ2) is 12.8. The maximum atomic E-state index is 16.9. The molecule has 1 N–H and O–H groups in total. The van der Waals surface area contributed by atoms with E-state index in [9.17, 15) is 14.3 Å². The third-order valence-corrected chi connectivity index (χ3v) is 8.55. The Balaban J connectivity index is 1.54. The zero-order valence-corrected chi connectivity index (χ0v) is 27.0. The van der Waals surface area contributed by atoms with Gasteiger partial charge >= 0.3 is 12.1 Å². The molecule has 12 heteroatoms. The molecule has 0 aliphatic carbocycles. The van der Waals surface area contributed by atoms with E-state index in [1.165, 1.54) is 35.5 Å². The fraction of sp³-hybridized carbons (Fsp3) is 0.429. The highest BCUT2D eigenvalue weighted by Gasteiger charge is 2.32. The fourth-order valence-corrected chi connectivity index (χ4v) is 6.25. The molecule has 1 amide bonds.